The van der Waals surface area contributed by atoms with Gasteiger partial charge < -0.3 is 28.4 Å². The number of cyclic esters (lactones) is 2. The van der Waals surface area contributed by atoms with Gasteiger partial charge in [0, 0.05) is 44.4 Å². The lowest BCUT2D eigenvalue weighted by Gasteiger charge is -2.59. The van der Waals surface area contributed by atoms with Crippen LogP contribution in [0.3, 0.4) is 0 Å². The number of epoxide rings is 1. The fourth-order valence-electron chi connectivity index (χ4n) is 6.78. The van der Waals surface area contributed by atoms with E-state index in [2.05, 4.69) is 0 Å². The summed E-state index contributed by atoms with van der Waals surface area (Å²) in [7, 11) is 0. The molecule has 1 saturated carbocycles. The number of carbonyl (C=O) groups is 4. The van der Waals surface area contributed by atoms with E-state index in [1.807, 2.05) is 19.9 Å². The van der Waals surface area contributed by atoms with E-state index >= 15 is 0 Å². The number of rotatable bonds is 1. The molecule has 10 nitrogen and oxygen atoms in total. The molecule has 210 valence electrons. The molecule has 3 aliphatic heterocycles. The van der Waals surface area contributed by atoms with Gasteiger partial charge in [-0.05, 0) is 19.4 Å². The molecule has 0 aromatic heterocycles. The van der Waals surface area contributed by atoms with Crippen molar-refractivity contribution in [1.29, 1.82) is 0 Å². The third-order valence-corrected chi connectivity index (χ3v) is 9.01. The van der Waals surface area contributed by atoms with E-state index in [4.69, 9.17) is 28.4 Å². The Morgan fingerprint density at radius 1 is 1.00 bits per heavy atom. The van der Waals surface area contributed by atoms with Crippen LogP contribution < -0.4 is 0 Å². The number of hydrogen-bond donors (Lipinski definition) is 0. The van der Waals surface area contributed by atoms with E-state index in [1.54, 1.807) is 6.92 Å². The summed E-state index contributed by atoms with van der Waals surface area (Å²) in [5.41, 5.74) is -0.971. The van der Waals surface area contributed by atoms with E-state index in [0.717, 1.165) is 5.57 Å². The molecule has 10 heteroatoms. The smallest absolute Gasteiger partial charge is 0.331 e. The number of ether oxygens (including phenoxy) is 6. The average Bonchev–Trinajstić information content (AvgIpc) is 3.64. The number of carbonyl (C=O) groups excluding carboxylic acids is 4. The normalized spacial score (nSPS) is 43.2. The Bertz CT molecular complexity index is 1190. The maximum Gasteiger partial charge on any atom is 0.331 e. The van der Waals surface area contributed by atoms with Crippen LogP contribution in [0.4, 0.5) is 0 Å². The zero-order valence-corrected chi connectivity index (χ0v) is 22.6. The van der Waals surface area contributed by atoms with Crippen molar-refractivity contribution in [2.75, 3.05) is 19.8 Å². The summed E-state index contributed by atoms with van der Waals surface area (Å²) < 4.78 is 35.4. The summed E-state index contributed by atoms with van der Waals surface area (Å²) in [5, 5.41) is 0. The summed E-state index contributed by atoms with van der Waals surface area (Å²) >= 11 is 0. The molecule has 5 rings (SSSR count). The van der Waals surface area contributed by atoms with Gasteiger partial charge in [0.2, 0.25) is 0 Å². The Morgan fingerprint density at radius 2 is 1.72 bits per heavy atom. The highest BCUT2D eigenvalue weighted by atomic mass is 16.6. The Morgan fingerprint density at radius 3 is 2.41 bits per heavy atom. The second-order valence-electron chi connectivity index (χ2n) is 11.2. The minimum absolute atomic E-state index is 0.0717. The van der Waals surface area contributed by atoms with E-state index < -0.39 is 58.6 Å². The predicted octanol–water partition coefficient (Wildman–Crippen LogP) is 2.66. The lowest BCUT2D eigenvalue weighted by molar-refractivity contribution is -0.239. The largest absolute Gasteiger partial charge is 0.462 e. The number of esters is 4. The zero-order chi connectivity index (χ0) is 28.0. The molecule has 3 fully saturated rings. The second-order valence-corrected chi connectivity index (χ2v) is 11.2. The van der Waals surface area contributed by atoms with Gasteiger partial charge in [0.05, 0.1) is 36.3 Å². The van der Waals surface area contributed by atoms with Crippen molar-refractivity contribution in [2.24, 2.45) is 10.8 Å². The average molecular weight is 543 g/mol. The summed E-state index contributed by atoms with van der Waals surface area (Å²) in [6, 6.07) is 0. The SMILES string of the molecule is CC(=O)O[C@H]1C[C@@]23COC(=O)/C=C(\C)CCOC(=O)/C=C/C=C/C(=O)O[C@@H]4C[C@@H](O[C@@H]2C=C1C)[C@@]1(CO1)[C@]43C. The Kier molecular flexibility index (Phi) is 7.05. The van der Waals surface area contributed by atoms with Crippen LogP contribution in [0.25, 0.3) is 0 Å². The molecule has 3 heterocycles. The zero-order valence-electron chi connectivity index (χ0n) is 22.6. The van der Waals surface area contributed by atoms with Gasteiger partial charge in [-0.15, -0.1) is 0 Å². The van der Waals surface area contributed by atoms with Crippen LogP contribution in [0.15, 0.2) is 47.6 Å². The number of hydrogen-bond acceptors (Lipinski definition) is 10. The van der Waals surface area contributed by atoms with E-state index in [1.165, 1.54) is 37.3 Å². The van der Waals surface area contributed by atoms with Crippen LogP contribution in [0.1, 0.15) is 47.0 Å². The molecule has 7 atom stereocenters. The third-order valence-electron chi connectivity index (χ3n) is 9.01. The Hall–Kier alpha value is -3.24. The van der Waals surface area contributed by atoms with Crippen LogP contribution >= 0.6 is 0 Å². The molecule has 2 saturated heterocycles. The van der Waals surface area contributed by atoms with Gasteiger partial charge in [0.15, 0.2) is 0 Å². The fraction of sp³-hybridized carbons (Fsp3) is 0.586. The van der Waals surface area contributed by atoms with Gasteiger partial charge in [-0.2, -0.15) is 0 Å². The van der Waals surface area contributed by atoms with Crippen molar-refractivity contribution in [3.05, 3.63) is 47.6 Å². The molecule has 2 spiro atoms. The highest BCUT2D eigenvalue weighted by Gasteiger charge is 2.83. The lowest BCUT2D eigenvalue weighted by Crippen LogP contribution is -2.68. The minimum Gasteiger partial charge on any atom is -0.462 e. The third kappa shape index (κ3) is 4.63. The molecule has 0 N–H and O–H groups in total. The maximum absolute atomic E-state index is 13.0. The van der Waals surface area contributed by atoms with E-state index in [0.29, 0.717) is 31.4 Å². The quantitative estimate of drug-likeness (QED) is 0.211. The maximum atomic E-state index is 13.0. The monoisotopic (exact) mass is 542 g/mol. The predicted molar refractivity (Wildman–Crippen MR) is 135 cm³/mol. The molecular formula is C29H34O10. The van der Waals surface area contributed by atoms with Gasteiger partial charge in [0.1, 0.15) is 24.4 Å². The molecular weight excluding hydrogens is 508 g/mol. The van der Waals surface area contributed by atoms with Gasteiger partial charge >= 0.3 is 23.9 Å². The van der Waals surface area contributed by atoms with Crippen molar-refractivity contribution >= 4 is 23.9 Å². The standard InChI is InChI=1S/C29H34O10/c1-17-9-10-34-24(31)7-5-6-8-25(32)39-21-13-23-29(16-36-29)27(21,4)28(15-35-26(33)11-17)14-20(37-19(3)30)18(2)12-22(28)38-23/h5-8,11-12,20-23H,9-10,13-16H2,1-4H3/b7-5+,8-6+,17-11+/t20-,21+,22+,23+,27+,28+,29-/m0/s1. The highest BCUT2D eigenvalue weighted by Crippen LogP contribution is 2.72. The first kappa shape index (κ1) is 27.3. The molecule has 39 heavy (non-hydrogen) atoms. The lowest BCUT2D eigenvalue weighted by atomic mass is 9.51. The molecule has 0 radical (unpaired) electrons. The van der Waals surface area contributed by atoms with E-state index in [9.17, 15) is 19.2 Å². The van der Waals surface area contributed by atoms with Crippen molar-refractivity contribution in [3.63, 3.8) is 0 Å². The van der Waals surface area contributed by atoms with Crippen molar-refractivity contribution in [2.45, 2.75) is 77.0 Å². The summed E-state index contributed by atoms with van der Waals surface area (Å²) in [5.74, 6) is -2.15. The first-order chi connectivity index (χ1) is 18.5. The van der Waals surface area contributed by atoms with Crippen LogP contribution in [-0.2, 0) is 47.6 Å². The molecule has 0 amide bonds. The Labute approximate surface area is 226 Å². The van der Waals surface area contributed by atoms with Crippen LogP contribution in [0.2, 0.25) is 0 Å². The summed E-state index contributed by atoms with van der Waals surface area (Å²) in [6.45, 7) is 7.41. The van der Waals surface area contributed by atoms with Gasteiger partial charge in [-0.1, -0.05) is 30.7 Å². The molecule has 2 bridgehead atoms. The van der Waals surface area contributed by atoms with E-state index in [-0.39, 0.29) is 19.3 Å². The topological polar surface area (TPSA) is 127 Å². The van der Waals surface area contributed by atoms with Crippen LogP contribution in [-0.4, -0.2) is 73.7 Å². The second kappa shape index (κ2) is 10.1. The van der Waals surface area contributed by atoms with Crippen molar-refractivity contribution in [3.8, 4) is 0 Å². The van der Waals surface area contributed by atoms with Crippen molar-refractivity contribution < 1.29 is 47.6 Å². The minimum atomic E-state index is -0.928. The number of allylic oxidation sites excluding steroid dienone is 2. The van der Waals surface area contributed by atoms with Gasteiger partial charge in [-0.3, -0.25) is 4.79 Å². The fourth-order valence-corrected chi connectivity index (χ4v) is 6.78. The van der Waals surface area contributed by atoms with Gasteiger partial charge in [-0.25, -0.2) is 14.4 Å². The summed E-state index contributed by atoms with van der Waals surface area (Å²) in [4.78, 5) is 49.8. The first-order valence-corrected chi connectivity index (χ1v) is 13.2. The molecule has 2 aliphatic carbocycles. The highest BCUT2D eigenvalue weighted by molar-refractivity contribution is 5.85. The van der Waals surface area contributed by atoms with Crippen molar-refractivity contribution in [1.82, 2.24) is 0 Å². The summed E-state index contributed by atoms with van der Waals surface area (Å²) in [6.07, 6.45) is 7.59. The first-order valence-electron chi connectivity index (χ1n) is 13.2. The van der Waals surface area contributed by atoms with Gasteiger partial charge in [0.25, 0.3) is 0 Å². The molecule has 0 unspecified atom stereocenters. The van der Waals surface area contributed by atoms with Crippen LogP contribution in [0.5, 0.6) is 0 Å². The Balaban J connectivity index is 1.57. The molecule has 0 aromatic rings. The molecule has 5 aliphatic rings. The van der Waals surface area contributed by atoms with Crippen LogP contribution in [0, 0.1) is 10.8 Å². The molecule has 0 aromatic carbocycles.